The molecule has 0 saturated carbocycles. The molecular formula is C27H37N3O4S. The molecule has 0 aromatic heterocycles. The minimum absolute atomic E-state index is 0.0719. The summed E-state index contributed by atoms with van der Waals surface area (Å²) in [6.45, 7) is 5.01. The minimum Gasteiger partial charge on any atom is -0.339 e. The number of hydrogen-bond acceptors (Lipinski definition) is 5. The number of hydrogen-bond donors (Lipinski definition) is 1. The van der Waals surface area contributed by atoms with Crippen LogP contribution in [0.2, 0.25) is 0 Å². The molecule has 7 nitrogen and oxygen atoms in total. The number of carbonyl (C=O) groups is 2. The highest BCUT2D eigenvalue weighted by Crippen LogP contribution is 2.24. The summed E-state index contributed by atoms with van der Waals surface area (Å²) >= 11 is 0. The summed E-state index contributed by atoms with van der Waals surface area (Å²) in [4.78, 5) is 28.5. The fourth-order valence-corrected chi connectivity index (χ4v) is 5.01. The van der Waals surface area contributed by atoms with Crippen molar-refractivity contribution in [3.63, 3.8) is 0 Å². The van der Waals surface area contributed by atoms with E-state index in [1.54, 1.807) is 25.1 Å². The Labute approximate surface area is 209 Å². The molecule has 0 aliphatic carbocycles. The van der Waals surface area contributed by atoms with E-state index in [0.717, 1.165) is 46.5 Å². The molecule has 190 valence electrons. The number of amides is 1. The Morgan fingerprint density at radius 2 is 1.74 bits per heavy atom. The largest absolute Gasteiger partial charge is 0.339 e. The van der Waals surface area contributed by atoms with Gasteiger partial charge in [0.05, 0.1) is 17.5 Å². The van der Waals surface area contributed by atoms with Crippen LogP contribution >= 0.6 is 0 Å². The molecule has 2 N–H and O–H groups in total. The predicted molar refractivity (Wildman–Crippen MR) is 140 cm³/mol. The standard InChI is InChI=1S/C27H37N3O4S/c1-5-13-30-14-7-10-20-8-6-9-22(15-20)19-27(2,28)25(31)12-11-21-16-23(26(30)32)18-24(17-21)29(3)35(4,33)34/h6,8-9,15-18H,5,7,10-14,19,28H2,1-4H3. The van der Waals surface area contributed by atoms with Gasteiger partial charge in [0.25, 0.3) is 5.91 Å². The zero-order chi connectivity index (χ0) is 25.8. The average molecular weight is 500 g/mol. The maximum atomic E-state index is 13.5. The third kappa shape index (κ3) is 6.92. The van der Waals surface area contributed by atoms with Crippen molar-refractivity contribution in [3.8, 4) is 0 Å². The van der Waals surface area contributed by atoms with Crippen molar-refractivity contribution in [1.29, 1.82) is 0 Å². The Morgan fingerprint density at radius 3 is 2.43 bits per heavy atom. The van der Waals surface area contributed by atoms with Crippen molar-refractivity contribution in [2.24, 2.45) is 5.73 Å². The lowest BCUT2D eigenvalue weighted by Crippen LogP contribution is -2.47. The van der Waals surface area contributed by atoms with E-state index in [-0.39, 0.29) is 18.1 Å². The molecule has 2 aromatic carbocycles. The fourth-order valence-electron chi connectivity index (χ4n) is 4.52. The monoisotopic (exact) mass is 499 g/mol. The number of nitrogens with zero attached hydrogens (tertiary/aromatic N) is 2. The summed E-state index contributed by atoms with van der Waals surface area (Å²) in [5, 5.41) is 0. The Bertz CT molecular complexity index is 1190. The van der Waals surface area contributed by atoms with E-state index in [9.17, 15) is 18.0 Å². The van der Waals surface area contributed by atoms with Gasteiger partial charge < -0.3 is 10.6 Å². The number of rotatable bonds is 4. The number of ketones is 1. The van der Waals surface area contributed by atoms with Crippen LogP contribution in [0.1, 0.15) is 60.2 Å². The number of nitrogens with two attached hydrogens (primary N) is 1. The number of carbonyl (C=O) groups excluding carboxylic acids is 2. The van der Waals surface area contributed by atoms with Crippen molar-refractivity contribution in [2.45, 2.75) is 57.9 Å². The van der Waals surface area contributed by atoms with Crippen LogP contribution in [0.25, 0.3) is 0 Å². The molecule has 1 unspecified atom stereocenters. The summed E-state index contributed by atoms with van der Waals surface area (Å²) in [6.07, 6.45) is 4.56. The number of Topliss-reactive ketones (excluding diaryl/α,β-unsaturated/α-hetero) is 1. The topological polar surface area (TPSA) is 101 Å². The lowest BCUT2D eigenvalue weighted by Gasteiger charge is -2.26. The van der Waals surface area contributed by atoms with Gasteiger partial charge in [-0.2, -0.15) is 0 Å². The van der Waals surface area contributed by atoms with Crippen LogP contribution in [0.3, 0.4) is 0 Å². The van der Waals surface area contributed by atoms with Gasteiger partial charge in [-0.1, -0.05) is 31.2 Å². The van der Waals surface area contributed by atoms with Gasteiger partial charge in [0.1, 0.15) is 0 Å². The number of fused-ring (bicyclic) bond motifs is 4. The van der Waals surface area contributed by atoms with Gasteiger partial charge in [-0.3, -0.25) is 13.9 Å². The highest BCUT2D eigenvalue weighted by Gasteiger charge is 2.28. The van der Waals surface area contributed by atoms with Gasteiger partial charge in [-0.05, 0) is 73.9 Å². The molecule has 0 spiro atoms. The van der Waals surface area contributed by atoms with E-state index in [0.29, 0.717) is 37.2 Å². The maximum absolute atomic E-state index is 13.5. The van der Waals surface area contributed by atoms with Crippen molar-refractivity contribution in [3.05, 3.63) is 64.7 Å². The second-order valence-electron chi connectivity index (χ2n) is 9.85. The minimum atomic E-state index is -3.52. The molecular weight excluding hydrogens is 462 g/mol. The van der Waals surface area contributed by atoms with Gasteiger partial charge in [0, 0.05) is 32.1 Å². The normalized spacial score (nSPS) is 20.1. The average Bonchev–Trinajstić information content (AvgIpc) is 2.79. The Hall–Kier alpha value is -2.71. The molecule has 4 bridgehead atoms. The first kappa shape index (κ1) is 26.9. The molecule has 0 radical (unpaired) electrons. The van der Waals surface area contributed by atoms with Gasteiger partial charge in [-0.15, -0.1) is 0 Å². The number of aryl methyl sites for hydroxylation is 2. The first-order valence-corrected chi connectivity index (χ1v) is 14.0. The van der Waals surface area contributed by atoms with Crippen LogP contribution in [-0.2, 0) is 34.1 Å². The van der Waals surface area contributed by atoms with Crippen LogP contribution in [0.5, 0.6) is 0 Å². The van der Waals surface area contributed by atoms with E-state index < -0.39 is 15.6 Å². The third-order valence-electron chi connectivity index (χ3n) is 6.60. The highest BCUT2D eigenvalue weighted by atomic mass is 32.2. The molecule has 3 rings (SSSR count). The summed E-state index contributed by atoms with van der Waals surface area (Å²) < 4.78 is 25.6. The zero-order valence-corrected chi connectivity index (χ0v) is 22.0. The molecule has 35 heavy (non-hydrogen) atoms. The first-order chi connectivity index (χ1) is 16.4. The van der Waals surface area contributed by atoms with Crippen LogP contribution in [-0.4, -0.2) is 56.9 Å². The summed E-state index contributed by atoms with van der Waals surface area (Å²) in [7, 11) is -2.05. The third-order valence-corrected chi connectivity index (χ3v) is 7.81. The lowest BCUT2D eigenvalue weighted by atomic mass is 9.86. The van der Waals surface area contributed by atoms with E-state index in [2.05, 4.69) is 12.1 Å². The molecule has 0 fully saturated rings. The molecule has 0 saturated heterocycles. The second-order valence-corrected chi connectivity index (χ2v) is 11.9. The van der Waals surface area contributed by atoms with Gasteiger partial charge >= 0.3 is 0 Å². The zero-order valence-electron chi connectivity index (χ0n) is 21.2. The molecule has 1 aliphatic heterocycles. The maximum Gasteiger partial charge on any atom is 0.253 e. The highest BCUT2D eigenvalue weighted by molar-refractivity contribution is 7.92. The van der Waals surface area contributed by atoms with Gasteiger partial charge in [-0.25, -0.2) is 8.42 Å². The van der Waals surface area contributed by atoms with E-state index in [1.165, 1.54) is 7.05 Å². The number of sulfonamides is 1. The number of benzene rings is 2. The van der Waals surface area contributed by atoms with E-state index in [1.807, 2.05) is 24.0 Å². The van der Waals surface area contributed by atoms with Gasteiger partial charge in [0.15, 0.2) is 5.78 Å². The molecule has 1 heterocycles. The van der Waals surface area contributed by atoms with Crippen LogP contribution in [0, 0.1) is 0 Å². The molecule has 2 aromatic rings. The van der Waals surface area contributed by atoms with Crippen LogP contribution in [0.4, 0.5) is 5.69 Å². The second kappa shape index (κ2) is 10.9. The lowest BCUT2D eigenvalue weighted by molar-refractivity contribution is -0.123. The van der Waals surface area contributed by atoms with Crippen LogP contribution in [0.15, 0.2) is 42.5 Å². The molecule has 1 aliphatic rings. The Morgan fingerprint density at radius 1 is 1.03 bits per heavy atom. The van der Waals surface area contributed by atoms with Gasteiger partial charge in [0.2, 0.25) is 10.0 Å². The molecule has 8 heteroatoms. The fraction of sp³-hybridized carbons (Fsp3) is 0.481. The Balaban J connectivity index is 2.04. The first-order valence-electron chi connectivity index (χ1n) is 12.2. The molecule has 1 amide bonds. The van der Waals surface area contributed by atoms with Crippen molar-refractivity contribution < 1.29 is 18.0 Å². The molecule has 1 atom stereocenters. The SMILES string of the molecule is CCCN1CCCc2cccc(c2)CC(C)(N)C(=O)CCc2cc(cc(N(C)S(C)(=O)=O)c2)C1=O. The predicted octanol–water partition coefficient (Wildman–Crippen LogP) is 3.34. The summed E-state index contributed by atoms with van der Waals surface area (Å²) in [5.74, 6) is -0.204. The van der Waals surface area contributed by atoms with Crippen molar-refractivity contribution in [2.75, 3.05) is 30.7 Å². The Kier molecular flexibility index (Phi) is 8.38. The quantitative estimate of drug-likeness (QED) is 0.695. The van der Waals surface area contributed by atoms with Crippen LogP contribution < -0.4 is 10.0 Å². The van der Waals surface area contributed by atoms with Crippen molar-refractivity contribution in [1.82, 2.24) is 4.90 Å². The smallest absolute Gasteiger partial charge is 0.253 e. The van der Waals surface area contributed by atoms with E-state index >= 15 is 0 Å². The summed E-state index contributed by atoms with van der Waals surface area (Å²) in [5.41, 5.74) is 9.18. The van der Waals surface area contributed by atoms with Crippen molar-refractivity contribution >= 4 is 27.4 Å². The van der Waals surface area contributed by atoms with E-state index in [4.69, 9.17) is 5.73 Å². The number of anilines is 1. The summed E-state index contributed by atoms with van der Waals surface area (Å²) in [6, 6.07) is 13.3.